The number of aryl methyl sites for hydroxylation is 2. The molecule has 0 aliphatic rings. The first-order chi connectivity index (χ1) is 10.1. The summed E-state index contributed by atoms with van der Waals surface area (Å²) in [5.74, 6) is 0.865. The highest BCUT2D eigenvalue weighted by Gasteiger charge is 2.20. The third kappa shape index (κ3) is 3.39. The predicted octanol–water partition coefficient (Wildman–Crippen LogP) is 2.29. The number of hydrogen-bond acceptors (Lipinski definition) is 4. The molecule has 0 spiro atoms. The summed E-state index contributed by atoms with van der Waals surface area (Å²) in [6.45, 7) is 6.51. The van der Waals surface area contributed by atoms with E-state index in [0.29, 0.717) is 26.4 Å². The normalized spacial score (nSPS) is 13.2. The number of rotatable bonds is 8. The molecule has 0 radical (unpaired) electrons. The van der Waals surface area contributed by atoms with Gasteiger partial charge in [-0.25, -0.2) is 4.98 Å². The van der Waals surface area contributed by atoms with Crippen LogP contribution in [-0.4, -0.2) is 46.3 Å². The Balaban J connectivity index is 2.26. The number of methoxy groups -OCH3 is 1. The Labute approximate surface area is 130 Å². The van der Waals surface area contributed by atoms with E-state index in [2.05, 4.69) is 21.6 Å². The van der Waals surface area contributed by atoms with Crippen LogP contribution in [0.15, 0.2) is 0 Å². The van der Waals surface area contributed by atoms with E-state index in [0.717, 1.165) is 29.1 Å². The molecule has 21 heavy (non-hydrogen) atoms. The first kappa shape index (κ1) is 16.3. The van der Waals surface area contributed by atoms with Gasteiger partial charge in [0.1, 0.15) is 11.3 Å². The highest BCUT2D eigenvalue weighted by atomic mass is 35.5. The summed E-state index contributed by atoms with van der Waals surface area (Å²) in [5, 5.41) is 4.36. The molecule has 2 aromatic rings. The van der Waals surface area contributed by atoms with Crippen molar-refractivity contribution < 1.29 is 9.47 Å². The number of fused-ring (bicyclic) bond motifs is 1. The summed E-state index contributed by atoms with van der Waals surface area (Å²) in [7, 11) is 3.60. The second-order valence-corrected chi connectivity index (χ2v) is 5.59. The predicted molar refractivity (Wildman–Crippen MR) is 82.8 cm³/mol. The van der Waals surface area contributed by atoms with Gasteiger partial charge >= 0.3 is 0 Å². The molecule has 6 nitrogen and oxygen atoms in total. The molecule has 2 aromatic heterocycles. The minimum absolute atomic E-state index is 0.152. The molecule has 0 saturated heterocycles. The van der Waals surface area contributed by atoms with Crippen molar-refractivity contribution in [2.45, 2.75) is 32.2 Å². The lowest BCUT2D eigenvalue weighted by atomic mass is 10.3. The largest absolute Gasteiger partial charge is 0.382 e. The van der Waals surface area contributed by atoms with Crippen molar-refractivity contribution in [3.63, 3.8) is 0 Å². The molecule has 1 atom stereocenters. The zero-order valence-electron chi connectivity index (χ0n) is 13.1. The van der Waals surface area contributed by atoms with Gasteiger partial charge in [0.05, 0.1) is 30.9 Å². The highest BCUT2D eigenvalue weighted by molar-refractivity contribution is 6.20. The van der Waals surface area contributed by atoms with E-state index < -0.39 is 0 Å². The van der Waals surface area contributed by atoms with Gasteiger partial charge in [-0.1, -0.05) is 6.92 Å². The van der Waals surface area contributed by atoms with Crippen LogP contribution >= 0.6 is 11.6 Å². The summed E-state index contributed by atoms with van der Waals surface area (Å²) in [5.41, 5.74) is 2.95. The number of alkyl halides is 1. The SMILES string of the molecule is CCc1nn(C)c2c1nc(C(C)Cl)n2CCOCCOC. The van der Waals surface area contributed by atoms with Gasteiger partial charge in [-0.3, -0.25) is 4.68 Å². The van der Waals surface area contributed by atoms with E-state index in [9.17, 15) is 0 Å². The van der Waals surface area contributed by atoms with E-state index in [-0.39, 0.29) is 5.38 Å². The Bertz CT molecular complexity index is 591. The molecule has 0 aliphatic carbocycles. The maximum absolute atomic E-state index is 6.27. The van der Waals surface area contributed by atoms with Crippen LogP contribution in [0.25, 0.3) is 11.2 Å². The first-order valence-corrected chi connectivity index (χ1v) is 7.66. The molecule has 0 amide bonds. The number of hydrogen-bond donors (Lipinski definition) is 0. The second-order valence-electron chi connectivity index (χ2n) is 4.94. The Morgan fingerprint density at radius 1 is 1.29 bits per heavy atom. The quantitative estimate of drug-likeness (QED) is 0.554. The maximum atomic E-state index is 6.27. The Kier molecular flexibility index (Phi) is 5.61. The van der Waals surface area contributed by atoms with Crippen molar-refractivity contribution in [2.24, 2.45) is 7.05 Å². The molecular weight excluding hydrogens is 292 g/mol. The van der Waals surface area contributed by atoms with Gasteiger partial charge in [0.2, 0.25) is 0 Å². The summed E-state index contributed by atoms with van der Waals surface area (Å²) >= 11 is 6.27. The number of imidazole rings is 1. The molecule has 0 fully saturated rings. The zero-order valence-corrected chi connectivity index (χ0v) is 13.9. The molecule has 7 heteroatoms. The third-order valence-electron chi connectivity index (χ3n) is 3.40. The van der Waals surface area contributed by atoms with E-state index in [1.165, 1.54) is 0 Å². The average Bonchev–Trinajstić information content (AvgIpc) is 2.97. The lowest BCUT2D eigenvalue weighted by Gasteiger charge is -2.11. The molecule has 0 aliphatic heterocycles. The molecule has 2 heterocycles. The van der Waals surface area contributed by atoms with Gasteiger partial charge in [-0.15, -0.1) is 11.6 Å². The molecular formula is C14H23ClN4O2. The number of ether oxygens (including phenoxy) is 2. The molecule has 0 N–H and O–H groups in total. The van der Waals surface area contributed by atoms with Crippen molar-refractivity contribution in [3.8, 4) is 0 Å². The number of nitrogens with zero attached hydrogens (tertiary/aromatic N) is 4. The maximum Gasteiger partial charge on any atom is 0.158 e. The molecule has 1 unspecified atom stereocenters. The molecule has 0 aromatic carbocycles. The van der Waals surface area contributed by atoms with E-state index in [1.54, 1.807) is 7.11 Å². The smallest absolute Gasteiger partial charge is 0.158 e. The highest BCUT2D eigenvalue weighted by Crippen LogP contribution is 2.26. The van der Waals surface area contributed by atoms with Crippen molar-refractivity contribution in [1.29, 1.82) is 0 Å². The third-order valence-corrected chi connectivity index (χ3v) is 3.60. The average molecular weight is 315 g/mol. The summed E-state index contributed by atoms with van der Waals surface area (Å²) in [6.07, 6.45) is 0.856. The van der Waals surface area contributed by atoms with Crippen LogP contribution in [0, 0.1) is 0 Å². The molecule has 118 valence electrons. The van der Waals surface area contributed by atoms with Crippen molar-refractivity contribution in [1.82, 2.24) is 19.3 Å². The van der Waals surface area contributed by atoms with Gasteiger partial charge in [0, 0.05) is 20.7 Å². The zero-order chi connectivity index (χ0) is 15.4. The lowest BCUT2D eigenvalue weighted by molar-refractivity contribution is 0.0666. The lowest BCUT2D eigenvalue weighted by Crippen LogP contribution is -2.13. The Hall–Kier alpha value is -1.11. The van der Waals surface area contributed by atoms with Gasteiger partial charge in [-0.05, 0) is 13.3 Å². The Morgan fingerprint density at radius 2 is 2.05 bits per heavy atom. The van der Waals surface area contributed by atoms with Gasteiger partial charge < -0.3 is 14.0 Å². The van der Waals surface area contributed by atoms with E-state index in [1.807, 2.05) is 18.7 Å². The molecule has 2 rings (SSSR count). The van der Waals surface area contributed by atoms with Crippen LogP contribution in [0.2, 0.25) is 0 Å². The summed E-state index contributed by atoms with van der Waals surface area (Å²) in [4.78, 5) is 4.69. The van der Waals surface area contributed by atoms with Crippen LogP contribution < -0.4 is 0 Å². The van der Waals surface area contributed by atoms with Gasteiger partial charge in [0.15, 0.2) is 5.65 Å². The topological polar surface area (TPSA) is 54.1 Å². The fraction of sp³-hybridized carbons (Fsp3) is 0.714. The monoisotopic (exact) mass is 314 g/mol. The van der Waals surface area contributed by atoms with Crippen LogP contribution in [-0.2, 0) is 29.5 Å². The minimum Gasteiger partial charge on any atom is -0.382 e. The van der Waals surface area contributed by atoms with Crippen LogP contribution in [0.1, 0.15) is 30.7 Å². The van der Waals surface area contributed by atoms with Crippen molar-refractivity contribution in [3.05, 3.63) is 11.5 Å². The Morgan fingerprint density at radius 3 is 2.67 bits per heavy atom. The van der Waals surface area contributed by atoms with Gasteiger partial charge in [-0.2, -0.15) is 5.10 Å². The minimum atomic E-state index is -0.152. The standard InChI is InChI=1S/C14H23ClN4O2/c1-5-11-12-14(18(3)17-11)19(13(16-12)10(2)15)6-7-21-9-8-20-4/h10H,5-9H2,1-4H3. The fourth-order valence-corrected chi connectivity index (χ4v) is 2.59. The van der Waals surface area contributed by atoms with Crippen LogP contribution in [0.4, 0.5) is 0 Å². The first-order valence-electron chi connectivity index (χ1n) is 7.22. The molecule has 0 bridgehead atoms. The van der Waals surface area contributed by atoms with Crippen molar-refractivity contribution in [2.75, 3.05) is 26.9 Å². The van der Waals surface area contributed by atoms with Crippen LogP contribution in [0.5, 0.6) is 0 Å². The number of aromatic nitrogens is 4. The van der Waals surface area contributed by atoms with Gasteiger partial charge in [0.25, 0.3) is 0 Å². The second kappa shape index (κ2) is 7.24. The van der Waals surface area contributed by atoms with E-state index in [4.69, 9.17) is 21.1 Å². The fourth-order valence-electron chi connectivity index (χ4n) is 2.42. The van der Waals surface area contributed by atoms with Crippen molar-refractivity contribution >= 4 is 22.8 Å². The number of halogens is 1. The summed E-state index contributed by atoms with van der Waals surface area (Å²) in [6, 6.07) is 0. The summed E-state index contributed by atoms with van der Waals surface area (Å²) < 4.78 is 14.5. The molecule has 0 saturated carbocycles. The van der Waals surface area contributed by atoms with Crippen LogP contribution in [0.3, 0.4) is 0 Å². The van der Waals surface area contributed by atoms with E-state index >= 15 is 0 Å².